The number of thiazole rings is 1. The molecule has 0 atom stereocenters. The third kappa shape index (κ3) is 6.61. The lowest BCUT2D eigenvalue weighted by Gasteiger charge is -2.33. The number of aromatic nitrogens is 2. The van der Waals surface area contributed by atoms with Crippen LogP contribution in [0.4, 0.5) is 5.13 Å². The first-order valence-electron chi connectivity index (χ1n) is 10.3. The van der Waals surface area contributed by atoms with Crippen LogP contribution in [0.5, 0.6) is 0 Å². The number of furan rings is 1. The highest BCUT2D eigenvalue weighted by molar-refractivity contribution is 7.18. The van der Waals surface area contributed by atoms with Crippen LogP contribution in [0.15, 0.2) is 41.0 Å². The molecule has 1 amide bonds. The van der Waals surface area contributed by atoms with Gasteiger partial charge in [0, 0.05) is 31.9 Å². The van der Waals surface area contributed by atoms with E-state index in [2.05, 4.69) is 32.0 Å². The van der Waals surface area contributed by atoms with Gasteiger partial charge >= 0.3 is 0 Å². The zero-order valence-electron chi connectivity index (χ0n) is 18.4. The summed E-state index contributed by atoms with van der Waals surface area (Å²) < 4.78 is 5.48. The first kappa shape index (κ1) is 26.9. The van der Waals surface area contributed by atoms with Crippen molar-refractivity contribution >= 4 is 53.0 Å². The second-order valence-corrected chi connectivity index (χ2v) is 8.43. The lowest BCUT2D eigenvalue weighted by molar-refractivity contribution is -0.117. The van der Waals surface area contributed by atoms with E-state index in [9.17, 15) is 9.59 Å². The maximum atomic E-state index is 13.1. The van der Waals surface area contributed by atoms with Crippen LogP contribution in [0.1, 0.15) is 28.0 Å². The van der Waals surface area contributed by atoms with Crippen molar-refractivity contribution in [1.29, 1.82) is 0 Å². The van der Waals surface area contributed by atoms with Gasteiger partial charge in [-0.05, 0) is 37.7 Å². The second kappa shape index (κ2) is 12.2. The number of carbonyl (C=O) groups excluding carboxylic acids is 2. The van der Waals surface area contributed by atoms with Gasteiger partial charge in [0.05, 0.1) is 12.8 Å². The van der Waals surface area contributed by atoms with Crippen molar-refractivity contribution < 1.29 is 14.0 Å². The van der Waals surface area contributed by atoms with E-state index in [1.54, 1.807) is 24.3 Å². The van der Waals surface area contributed by atoms with Gasteiger partial charge in [0.25, 0.3) is 0 Å². The third-order valence-corrected chi connectivity index (χ3v) is 6.20. The SMILES string of the molecule is CCN1CCN(CC(=O)Nc2nc(-c3ccco3)c(C(=O)c3cccc(C)n3)s2)CC1.Cl.Cl. The van der Waals surface area contributed by atoms with E-state index in [0.717, 1.165) is 49.8 Å². The Morgan fingerprint density at radius 2 is 1.79 bits per heavy atom. The Hall–Kier alpha value is -2.30. The van der Waals surface area contributed by atoms with E-state index in [0.29, 0.717) is 33.7 Å². The predicted octanol–water partition coefficient (Wildman–Crippen LogP) is 3.76. The number of nitrogens with zero attached hydrogens (tertiary/aromatic N) is 4. The number of pyridine rings is 1. The number of halogens is 2. The maximum Gasteiger partial charge on any atom is 0.240 e. The largest absolute Gasteiger partial charge is 0.463 e. The molecule has 8 nitrogen and oxygen atoms in total. The molecule has 4 heterocycles. The Balaban J connectivity index is 0.00000193. The molecule has 0 unspecified atom stereocenters. The number of carbonyl (C=O) groups is 2. The Kier molecular flexibility index (Phi) is 10.00. The molecule has 11 heteroatoms. The summed E-state index contributed by atoms with van der Waals surface area (Å²) in [5, 5.41) is 3.23. The summed E-state index contributed by atoms with van der Waals surface area (Å²) in [6, 6.07) is 8.79. The molecule has 0 saturated carbocycles. The summed E-state index contributed by atoms with van der Waals surface area (Å²) in [5.41, 5.74) is 1.50. The number of likely N-dealkylation sites (N-methyl/N-ethyl adjacent to an activating group) is 1. The molecule has 1 saturated heterocycles. The van der Waals surface area contributed by atoms with E-state index in [1.807, 2.05) is 13.0 Å². The van der Waals surface area contributed by atoms with Crippen molar-refractivity contribution in [3.8, 4) is 11.5 Å². The van der Waals surface area contributed by atoms with Gasteiger partial charge in [-0.25, -0.2) is 9.97 Å². The highest BCUT2D eigenvalue weighted by Gasteiger charge is 2.25. The summed E-state index contributed by atoms with van der Waals surface area (Å²) in [6.07, 6.45) is 1.53. The molecule has 1 aliphatic rings. The number of aryl methyl sites for hydroxylation is 1. The topological polar surface area (TPSA) is 91.6 Å². The van der Waals surface area contributed by atoms with Crippen LogP contribution in [0.2, 0.25) is 0 Å². The predicted molar refractivity (Wildman–Crippen MR) is 134 cm³/mol. The summed E-state index contributed by atoms with van der Waals surface area (Å²) in [4.78, 5) is 39.4. The molecule has 0 spiro atoms. The Bertz CT molecular complexity index is 1070. The molecule has 3 aromatic rings. The van der Waals surface area contributed by atoms with Crippen LogP contribution >= 0.6 is 36.2 Å². The molecule has 178 valence electrons. The molecular weight excluding hydrogens is 485 g/mol. The number of nitrogens with one attached hydrogen (secondary N) is 1. The lowest BCUT2D eigenvalue weighted by Crippen LogP contribution is -2.48. The van der Waals surface area contributed by atoms with Gasteiger partial charge in [-0.3, -0.25) is 14.5 Å². The quantitative estimate of drug-likeness (QED) is 0.482. The van der Waals surface area contributed by atoms with E-state index < -0.39 is 0 Å². The van der Waals surface area contributed by atoms with Gasteiger partial charge in [-0.15, -0.1) is 24.8 Å². The maximum absolute atomic E-state index is 13.1. The average molecular weight is 512 g/mol. The van der Waals surface area contributed by atoms with Crippen LogP contribution in [-0.2, 0) is 4.79 Å². The third-order valence-electron chi connectivity index (χ3n) is 5.23. The van der Waals surface area contributed by atoms with Crippen molar-refractivity contribution in [3.63, 3.8) is 0 Å². The number of hydrogen-bond acceptors (Lipinski definition) is 8. The highest BCUT2D eigenvalue weighted by Crippen LogP contribution is 2.33. The molecular formula is C22H27Cl2N5O3S. The van der Waals surface area contributed by atoms with Crippen molar-refractivity contribution in [3.05, 3.63) is 52.9 Å². The second-order valence-electron chi connectivity index (χ2n) is 7.43. The number of anilines is 1. The minimum absolute atomic E-state index is 0. The fourth-order valence-electron chi connectivity index (χ4n) is 3.52. The minimum Gasteiger partial charge on any atom is -0.463 e. The molecule has 0 bridgehead atoms. The van der Waals surface area contributed by atoms with Gasteiger partial charge in [0.1, 0.15) is 16.3 Å². The molecule has 33 heavy (non-hydrogen) atoms. The standard InChI is InChI=1S/C22H25N5O3S.2ClH/c1-3-26-9-11-27(12-10-26)14-18(28)24-22-25-19(17-8-5-13-30-17)21(31-22)20(29)16-7-4-6-15(2)23-16;;/h4-8,13H,3,9-12,14H2,1-2H3,(H,24,25,28);2*1H. The van der Waals surface area contributed by atoms with Gasteiger partial charge in [-0.1, -0.05) is 24.3 Å². The Morgan fingerprint density at radius 3 is 2.42 bits per heavy atom. The van der Waals surface area contributed by atoms with Crippen molar-refractivity contribution in [2.24, 2.45) is 0 Å². The molecule has 1 aliphatic heterocycles. The first-order valence-corrected chi connectivity index (χ1v) is 11.1. The highest BCUT2D eigenvalue weighted by atomic mass is 35.5. The van der Waals surface area contributed by atoms with Crippen molar-refractivity contribution in [1.82, 2.24) is 19.8 Å². The van der Waals surface area contributed by atoms with E-state index in [4.69, 9.17) is 4.42 Å². The monoisotopic (exact) mass is 511 g/mol. The van der Waals surface area contributed by atoms with Crippen LogP contribution in [0, 0.1) is 6.92 Å². The molecule has 1 N–H and O–H groups in total. The molecule has 3 aromatic heterocycles. The van der Waals surface area contributed by atoms with Crippen LogP contribution in [0.25, 0.3) is 11.5 Å². The number of hydrogen-bond donors (Lipinski definition) is 1. The fraction of sp³-hybridized carbons (Fsp3) is 0.364. The van der Waals surface area contributed by atoms with Gasteiger partial charge < -0.3 is 14.6 Å². The Morgan fingerprint density at radius 1 is 1.06 bits per heavy atom. The average Bonchev–Trinajstić information content (AvgIpc) is 3.43. The van der Waals surface area contributed by atoms with Gasteiger partial charge in [-0.2, -0.15) is 0 Å². The number of amides is 1. The van der Waals surface area contributed by atoms with Crippen molar-refractivity contribution in [2.45, 2.75) is 13.8 Å². The first-order chi connectivity index (χ1) is 15.0. The number of piperazine rings is 1. The Labute approximate surface area is 209 Å². The number of rotatable bonds is 7. The molecule has 0 aliphatic carbocycles. The zero-order valence-corrected chi connectivity index (χ0v) is 20.9. The van der Waals surface area contributed by atoms with Gasteiger partial charge in [0.2, 0.25) is 11.7 Å². The van der Waals surface area contributed by atoms with Crippen LogP contribution in [-0.4, -0.2) is 70.7 Å². The lowest BCUT2D eigenvalue weighted by atomic mass is 10.1. The fourth-order valence-corrected chi connectivity index (χ4v) is 4.45. The smallest absolute Gasteiger partial charge is 0.240 e. The van der Waals surface area contributed by atoms with E-state index in [-0.39, 0.29) is 36.5 Å². The van der Waals surface area contributed by atoms with E-state index >= 15 is 0 Å². The summed E-state index contributed by atoms with van der Waals surface area (Å²) in [7, 11) is 0. The summed E-state index contributed by atoms with van der Waals surface area (Å²) in [5.74, 6) is 0.0876. The molecule has 4 rings (SSSR count). The molecule has 1 fully saturated rings. The number of ketones is 1. The minimum atomic E-state index is -0.246. The summed E-state index contributed by atoms with van der Waals surface area (Å²) >= 11 is 1.14. The van der Waals surface area contributed by atoms with Crippen LogP contribution < -0.4 is 5.32 Å². The van der Waals surface area contributed by atoms with Gasteiger partial charge in [0.15, 0.2) is 10.9 Å². The molecule has 0 radical (unpaired) electrons. The molecule has 0 aromatic carbocycles. The van der Waals surface area contributed by atoms with E-state index in [1.165, 1.54) is 6.26 Å². The van der Waals surface area contributed by atoms with Crippen LogP contribution in [0.3, 0.4) is 0 Å². The normalized spacial score (nSPS) is 14.2. The summed E-state index contributed by atoms with van der Waals surface area (Å²) in [6.45, 7) is 8.96. The van der Waals surface area contributed by atoms with Crippen molar-refractivity contribution in [2.75, 3.05) is 44.6 Å². The zero-order chi connectivity index (χ0) is 21.8.